The first-order valence-corrected chi connectivity index (χ1v) is 7.19. The van der Waals surface area contributed by atoms with E-state index in [1.807, 2.05) is 12.1 Å². The maximum atomic E-state index is 5.94. The van der Waals surface area contributed by atoms with Gasteiger partial charge in [-0.25, -0.2) is 4.98 Å². The minimum atomic E-state index is 0.207. The summed E-state index contributed by atoms with van der Waals surface area (Å²) in [6.07, 6.45) is 0.984. The number of methoxy groups -OCH3 is 2. The Hall–Kier alpha value is -1.75. The van der Waals surface area contributed by atoms with Crippen molar-refractivity contribution in [1.29, 1.82) is 0 Å². The van der Waals surface area contributed by atoms with Gasteiger partial charge in [-0.2, -0.15) is 0 Å². The van der Waals surface area contributed by atoms with Crippen LogP contribution in [0.1, 0.15) is 38.9 Å². The first-order chi connectivity index (χ1) is 9.87. The molecule has 2 aromatic rings. The summed E-state index contributed by atoms with van der Waals surface area (Å²) in [5.74, 6) is 2.52. The van der Waals surface area contributed by atoms with Gasteiger partial charge in [0.15, 0.2) is 11.5 Å². The lowest BCUT2D eigenvalue weighted by Gasteiger charge is -2.23. The van der Waals surface area contributed by atoms with Crippen molar-refractivity contribution in [2.75, 3.05) is 20.8 Å². The van der Waals surface area contributed by atoms with Crippen molar-refractivity contribution in [2.24, 2.45) is 11.1 Å². The van der Waals surface area contributed by atoms with Crippen molar-refractivity contribution in [3.8, 4) is 11.5 Å². The van der Waals surface area contributed by atoms with E-state index < -0.39 is 0 Å². The van der Waals surface area contributed by atoms with Gasteiger partial charge < -0.3 is 20.2 Å². The second-order valence-corrected chi connectivity index (χ2v) is 6.54. The van der Waals surface area contributed by atoms with Crippen LogP contribution in [0.4, 0.5) is 0 Å². The predicted molar refractivity (Wildman–Crippen MR) is 85.1 cm³/mol. The summed E-state index contributed by atoms with van der Waals surface area (Å²) in [7, 11) is 3.25. The molecule has 0 aliphatic carbocycles. The van der Waals surface area contributed by atoms with Crippen LogP contribution in [-0.4, -0.2) is 30.7 Å². The number of fused-ring (bicyclic) bond motifs is 1. The smallest absolute Gasteiger partial charge is 0.163 e. The first kappa shape index (κ1) is 15.6. The lowest BCUT2D eigenvalue weighted by Crippen LogP contribution is -2.20. The molecule has 2 rings (SSSR count). The van der Waals surface area contributed by atoms with Gasteiger partial charge in [0.1, 0.15) is 5.82 Å². The van der Waals surface area contributed by atoms with Crippen molar-refractivity contribution in [1.82, 2.24) is 9.97 Å². The number of rotatable bonds is 5. The first-order valence-electron chi connectivity index (χ1n) is 7.19. The summed E-state index contributed by atoms with van der Waals surface area (Å²) in [6, 6.07) is 3.80. The molecular weight excluding hydrogens is 266 g/mol. The van der Waals surface area contributed by atoms with Crippen LogP contribution in [0.15, 0.2) is 12.1 Å². The van der Waals surface area contributed by atoms with E-state index in [4.69, 9.17) is 15.2 Å². The lowest BCUT2D eigenvalue weighted by molar-refractivity contribution is 0.337. The quantitative estimate of drug-likeness (QED) is 0.888. The van der Waals surface area contributed by atoms with Gasteiger partial charge in [-0.3, -0.25) is 0 Å². The molecule has 0 aliphatic heterocycles. The zero-order valence-electron chi connectivity index (χ0n) is 13.5. The highest BCUT2D eigenvalue weighted by molar-refractivity contribution is 5.79. The summed E-state index contributed by atoms with van der Waals surface area (Å²) in [4.78, 5) is 8.05. The zero-order chi connectivity index (χ0) is 15.6. The molecule has 0 saturated heterocycles. The summed E-state index contributed by atoms with van der Waals surface area (Å²) in [6.45, 7) is 7.21. The van der Waals surface area contributed by atoms with E-state index in [1.165, 1.54) is 0 Å². The van der Waals surface area contributed by atoms with Gasteiger partial charge in [-0.1, -0.05) is 20.8 Å². The number of hydrogen-bond donors (Lipinski definition) is 2. The molecule has 1 unspecified atom stereocenters. The van der Waals surface area contributed by atoms with E-state index in [9.17, 15) is 0 Å². The van der Waals surface area contributed by atoms with E-state index in [0.717, 1.165) is 23.3 Å². The number of imidazole rings is 1. The molecule has 0 spiro atoms. The highest BCUT2D eigenvalue weighted by atomic mass is 16.5. The topological polar surface area (TPSA) is 73.2 Å². The summed E-state index contributed by atoms with van der Waals surface area (Å²) >= 11 is 0. The molecule has 116 valence electrons. The molecule has 1 heterocycles. The number of nitrogens with two attached hydrogens (primary N) is 1. The number of nitrogens with zero attached hydrogens (tertiary/aromatic N) is 1. The monoisotopic (exact) mass is 291 g/mol. The van der Waals surface area contributed by atoms with Gasteiger partial charge in [0.05, 0.1) is 25.3 Å². The molecule has 0 bridgehead atoms. The number of nitrogens with one attached hydrogen (secondary N) is 1. The van der Waals surface area contributed by atoms with Crippen LogP contribution in [0.5, 0.6) is 11.5 Å². The van der Waals surface area contributed by atoms with E-state index in [0.29, 0.717) is 18.0 Å². The average molecular weight is 291 g/mol. The fraction of sp³-hybridized carbons (Fsp3) is 0.562. The van der Waals surface area contributed by atoms with E-state index in [2.05, 4.69) is 30.7 Å². The van der Waals surface area contributed by atoms with Crippen molar-refractivity contribution in [3.05, 3.63) is 18.0 Å². The van der Waals surface area contributed by atoms with E-state index >= 15 is 0 Å². The molecule has 1 aromatic carbocycles. The SMILES string of the molecule is COc1cc2nc(C(CN)CC(C)(C)C)[nH]c2cc1OC. The third kappa shape index (κ3) is 3.47. The molecular formula is C16H25N3O2. The Balaban J connectivity index is 2.41. The number of aromatic nitrogens is 2. The van der Waals surface area contributed by atoms with Crippen LogP contribution in [0.2, 0.25) is 0 Å². The number of hydrogen-bond acceptors (Lipinski definition) is 4. The third-order valence-electron chi connectivity index (χ3n) is 3.54. The minimum absolute atomic E-state index is 0.207. The van der Waals surface area contributed by atoms with Crippen LogP contribution in [0.25, 0.3) is 11.0 Å². The van der Waals surface area contributed by atoms with Gasteiger partial charge in [0, 0.05) is 24.6 Å². The maximum absolute atomic E-state index is 5.94. The van der Waals surface area contributed by atoms with Crippen LogP contribution < -0.4 is 15.2 Å². The zero-order valence-corrected chi connectivity index (χ0v) is 13.5. The number of H-pyrrole nitrogens is 1. The fourth-order valence-electron chi connectivity index (χ4n) is 2.58. The predicted octanol–water partition coefficient (Wildman–Crippen LogP) is 3.06. The fourth-order valence-corrected chi connectivity index (χ4v) is 2.58. The highest BCUT2D eigenvalue weighted by Gasteiger charge is 2.22. The molecule has 3 N–H and O–H groups in total. The number of ether oxygens (including phenoxy) is 2. The lowest BCUT2D eigenvalue weighted by atomic mass is 9.84. The van der Waals surface area contributed by atoms with Gasteiger partial charge in [-0.15, -0.1) is 0 Å². The molecule has 5 heteroatoms. The van der Waals surface area contributed by atoms with Crippen molar-refractivity contribution >= 4 is 11.0 Å². The summed E-state index contributed by atoms with van der Waals surface area (Å²) in [5.41, 5.74) is 7.95. The molecule has 0 saturated carbocycles. The molecule has 21 heavy (non-hydrogen) atoms. The van der Waals surface area contributed by atoms with Crippen molar-refractivity contribution in [3.63, 3.8) is 0 Å². The highest BCUT2D eigenvalue weighted by Crippen LogP contribution is 2.34. The van der Waals surface area contributed by atoms with E-state index in [-0.39, 0.29) is 11.3 Å². The molecule has 5 nitrogen and oxygen atoms in total. The van der Waals surface area contributed by atoms with Gasteiger partial charge in [0.25, 0.3) is 0 Å². The summed E-state index contributed by atoms with van der Waals surface area (Å²) < 4.78 is 10.6. The van der Waals surface area contributed by atoms with Crippen molar-refractivity contribution < 1.29 is 9.47 Å². The Bertz CT molecular complexity index is 573. The Labute approximate surface area is 125 Å². The largest absolute Gasteiger partial charge is 0.493 e. The van der Waals surface area contributed by atoms with E-state index in [1.54, 1.807) is 14.2 Å². The maximum Gasteiger partial charge on any atom is 0.163 e. The second-order valence-electron chi connectivity index (χ2n) is 6.54. The summed E-state index contributed by atoms with van der Waals surface area (Å²) in [5, 5.41) is 0. The van der Waals surface area contributed by atoms with Crippen LogP contribution >= 0.6 is 0 Å². The Morgan fingerprint density at radius 3 is 2.33 bits per heavy atom. The standard InChI is InChI=1S/C16H25N3O2/c1-16(2,3)8-10(9-17)15-18-11-6-13(20-4)14(21-5)7-12(11)19-15/h6-7,10H,8-9,17H2,1-5H3,(H,18,19). The Kier molecular flexibility index (Phi) is 4.42. The molecule has 0 fully saturated rings. The minimum Gasteiger partial charge on any atom is -0.493 e. The normalized spacial score (nSPS) is 13.4. The third-order valence-corrected chi connectivity index (χ3v) is 3.54. The molecule has 1 atom stereocenters. The van der Waals surface area contributed by atoms with Crippen LogP contribution in [0, 0.1) is 5.41 Å². The van der Waals surface area contributed by atoms with Crippen LogP contribution in [-0.2, 0) is 0 Å². The Morgan fingerprint density at radius 2 is 1.81 bits per heavy atom. The molecule has 0 amide bonds. The molecule has 0 aliphatic rings. The second kappa shape index (κ2) is 5.93. The Morgan fingerprint density at radius 1 is 1.19 bits per heavy atom. The van der Waals surface area contributed by atoms with Gasteiger partial charge in [0.2, 0.25) is 0 Å². The van der Waals surface area contributed by atoms with Gasteiger partial charge in [-0.05, 0) is 11.8 Å². The molecule has 1 aromatic heterocycles. The average Bonchev–Trinajstić information content (AvgIpc) is 2.84. The molecule has 0 radical (unpaired) electrons. The van der Waals surface area contributed by atoms with Crippen LogP contribution in [0.3, 0.4) is 0 Å². The van der Waals surface area contributed by atoms with Crippen molar-refractivity contribution in [2.45, 2.75) is 33.1 Å². The number of benzene rings is 1. The van der Waals surface area contributed by atoms with Gasteiger partial charge >= 0.3 is 0 Å². The number of aromatic amines is 1.